The van der Waals surface area contributed by atoms with E-state index in [9.17, 15) is 5.11 Å². The summed E-state index contributed by atoms with van der Waals surface area (Å²) in [5.41, 5.74) is 6.55. The lowest BCUT2D eigenvalue weighted by Gasteiger charge is -2.32. The van der Waals surface area contributed by atoms with E-state index in [4.69, 9.17) is 22.1 Å². The molecule has 0 bridgehead atoms. The first-order chi connectivity index (χ1) is 9.13. The molecule has 0 aromatic heterocycles. The molecule has 0 radical (unpaired) electrons. The molecule has 19 heavy (non-hydrogen) atoms. The normalized spacial score (nSPS) is 20.5. The van der Waals surface area contributed by atoms with Crippen molar-refractivity contribution in [1.29, 1.82) is 0 Å². The lowest BCUT2D eigenvalue weighted by molar-refractivity contribution is 0.169. The first-order valence-electron chi connectivity index (χ1n) is 6.61. The first-order valence-corrected chi connectivity index (χ1v) is 6.99. The number of nitrogens with zero attached hydrogens (tertiary/aromatic N) is 1. The van der Waals surface area contributed by atoms with E-state index in [0.717, 1.165) is 31.6 Å². The number of rotatable bonds is 4. The zero-order chi connectivity index (χ0) is 13.8. The van der Waals surface area contributed by atoms with Crippen LogP contribution in [0.25, 0.3) is 0 Å². The fourth-order valence-electron chi connectivity index (χ4n) is 2.63. The van der Waals surface area contributed by atoms with Crippen LogP contribution in [0.3, 0.4) is 0 Å². The number of benzene rings is 1. The zero-order valence-corrected chi connectivity index (χ0v) is 12.0. The van der Waals surface area contributed by atoms with Gasteiger partial charge >= 0.3 is 0 Å². The Balaban J connectivity index is 2.12. The van der Waals surface area contributed by atoms with Gasteiger partial charge in [-0.05, 0) is 37.9 Å². The van der Waals surface area contributed by atoms with Crippen molar-refractivity contribution in [2.75, 3.05) is 26.7 Å². The minimum Gasteiger partial charge on any atom is -0.504 e. The van der Waals surface area contributed by atoms with Crippen LogP contribution in [0.15, 0.2) is 12.1 Å². The number of phenolic OH excluding ortho intramolecular Hbond substituents is 1. The molecule has 1 heterocycles. The Morgan fingerprint density at radius 3 is 3.00 bits per heavy atom. The molecule has 5 heteroatoms. The summed E-state index contributed by atoms with van der Waals surface area (Å²) in [6.07, 6.45) is 2.35. The van der Waals surface area contributed by atoms with Gasteiger partial charge in [0.1, 0.15) is 0 Å². The zero-order valence-electron chi connectivity index (χ0n) is 11.2. The van der Waals surface area contributed by atoms with Crippen LogP contribution in [0.2, 0.25) is 5.02 Å². The van der Waals surface area contributed by atoms with Gasteiger partial charge in [-0.25, -0.2) is 0 Å². The van der Waals surface area contributed by atoms with Gasteiger partial charge in [-0.15, -0.1) is 0 Å². The van der Waals surface area contributed by atoms with Crippen LogP contribution >= 0.6 is 11.6 Å². The van der Waals surface area contributed by atoms with Crippen LogP contribution in [0.1, 0.15) is 18.4 Å². The Morgan fingerprint density at radius 2 is 2.32 bits per heavy atom. The van der Waals surface area contributed by atoms with Gasteiger partial charge in [0.15, 0.2) is 11.5 Å². The number of piperidine rings is 1. The summed E-state index contributed by atoms with van der Waals surface area (Å²) in [6.45, 7) is 3.41. The molecule has 3 N–H and O–H groups in total. The number of halogens is 1. The Hall–Kier alpha value is -0.970. The molecule has 1 aliphatic heterocycles. The maximum atomic E-state index is 10.1. The number of methoxy groups -OCH3 is 1. The number of ether oxygens (including phenoxy) is 1. The van der Waals surface area contributed by atoms with Crippen LogP contribution in [0.5, 0.6) is 11.5 Å². The third-order valence-corrected chi connectivity index (χ3v) is 3.89. The lowest BCUT2D eigenvalue weighted by atomic mass is 9.98. The van der Waals surface area contributed by atoms with Crippen molar-refractivity contribution >= 4 is 11.6 Å². The predicted octanol–water partition coefficient (Wildman–Crippen LogP) is 2.22. The van der Waals surface area contributed by atoms with E-state index in [1.165, 1.54) is 13.5 Å². The Bertz CT molecular complexity index is 440. The van der Waals surface area contributed by atoms with Crippen LogP contribution in [-0.4, -0.2) is 36.8 Å². The van der Waals surface area contributed by atoms with Gasteiger partial charge < -0.3 is 15.6 Å². The van der Waals surface area contributed by atoms with E-state index in [1.54, 1.807) is 12.1 Å². The molecular formula is C14H21ClN2O2. The summed E-state index contributed by atoms with van der Waals surface area (Å²) in [5, 5.41) is 10.7. The third-order valence-electron chi connectivity index (χ3n) is 3.67. The Labute approximate surface area is 119 Å². The second-order valence-corrected chi connectivity index (χ2v) is 5.53. The second kappa shape index (κ2) is 6.46. The van der Waals surface area contributed by atoms with Crippen LogP contribution < -0.4 is 10.5 Å². The number of nitrogens with two attached hydrogens (primary N) is 1. The SMILES string of the molecule is COc1cc(Cl)cc(CN2CCCC(CN)C2)c1O. The van der Waals surface area contributed by atoms with Crippen molar-refractivity contribution in [2.24, 2.45) is 11.7 Å². The van der Waals surface area contributed by atoms with Gasteiger partial charge in [0.05, 0.1) is 7.11 Å². The quantitative estimate of drug-likeness (QED) is 0.890. The van der Waals surface area contributed by atoms with Crippen molar-refractivity contribution in [3.05, 3.63) is 22.7 Å². The smallest absolute Gasteiger partial charge is 0.162 e. The second-order valence-electron chi connectivity index (χ2n) is 5.09. The van der Waals surface area contributed by atoms with Gasteiger partial charge in [-0.3, -0.25) is 4.90 Å². The molecule has 1 aromatic carbocycles. The average Bonchev–Trinajstić information content (AvgIpc) is 2.42. The highest BCUT2D eigenvalue weighted by Crippen LogP contribution is 2.34. The van der Waals surface area contributed by atoms with Crippen molar-refractivity contribution in [2.45, 2.75) is 19.4 Å². The fraction of sp³-hybridized carbons (Fsp3) is 0.571. The number of hydrogen-bond acceptors (Lipinski definition) is 4. The molecule has 2 rings (SSSR count). The molecule has 106 valence electrons. The van der Waals surface area contributed by atoms with E-state index in [2.05, 4.69) is 4.90 Å². The van der Waals surface area contributed by atoms with Crippen molar-refractivity contribution in [3.8, 4) is 11.5 Å². The molecule has 1 unspecified atom stereocenters. The summed E-state index contributed by atoms with van der Waals surface area (Å²) in [5.74, 6) is 1.16. The van der Waals surface area contributed by atoms with E-state index in [0.29, 0.717) is 23.2 Å². The highest BCUT2D eigenvalue weighted by molar-refractivity contribution is 6.30. The van der Waals surface area contributed by atoms with E-state index >= 15 is 0 Å². The van der Waals surface area contributed by atoms with Crippen molar-refractivity contribution < 1.29 is 9.84 Å². The predicted molar refractivity (Wildman–Crippen MR) is 76.7 cm³/mol. The molecular weight excluding hydrogens is 264 g/mol. The van der Waals surface area contributed by atoms with Gasteiger partial charge in [0, 0.05) is 29.7 Å². The molecule has 1 saturated heterocycles. The lowest BCUT2D eigenvalue weighted by Crippen LogP contribution is -2.37. The van der Waals surface area contributed by atoms with Crippen LogP contribution in [0.4, 0.5) is 0 Å². The molecule has 0 saturated carbocycles. The monoisotopic (exact) mass is 284 g/mol. The highest BCUT2D eigenvalue weighted by Gasteiger charge is 2.20. The van der Waals surface area contributed by atoms with Gasteiger partial charge in [-0.2, -0.15) is 0 Å². The van der Waals surface area contributed by atoms with E-state index < -0.39 is 0 Å². The standard InChI is InChI=1S/C14H21ClN2O2/c1-19-13-6-12(15)5-11(14(13)18)9-17-4-2-3-10(7-16)8-17/h5-6,10,18H,2-4,7-9,16H2,1H3. The van der Waals surface area contributed by atoms with Crippen LogP contribution in [-0.2, 0) is 6.54 Å². The summed E-state index contributed by atoms with van der Waals surface area (Å²) in [6, 6.07) is 3.42. The van der Waals surface area contributed by atoms with Gasteiger partial charge in [0.25, 0.3) is 0 Å². The third kappa shape index (κ3) is 3.53. The number of aromatic hydroxyl groups is 1. The minimum atomic E-state index is 0.182. The first kappa shape index (κ1) is 14.4. The molecule has 1 atom stereocenters. The Morgan fingerprint density at radius 1 is 1.53 bits per heavy atom. The summed E-state index contributed by atoms with van der Waals surface area (Å²) in [4.78, 5) is 2.31. The summed E-state index contributed by atoms with van der Waals surface area (Å²) < 4.78 is 5.12. The summed E-state index contributed by atoms with van der Waals surface area (Å²) in [7, 11) is 1.53. The number of phenols is 1. The summed E-state index contributed by atoms with van der Waals surface area (Å²) >= 11 is 6.04. The molecule has 0 amide bonds. The highest BCUT2D eigenvalue weighted by atomic mass is 35.5. The topological polar surface area (TPSA) is 58.7 Å². The fourth-order valence-corrected chi connectivity index (χ4v) is 2.86. The Kier molecular flexibility index (Phi) is 4.91. The molecule has 4 nitrogen and oxygen atoms in total. The molecule has 1 aliphatic rings. The van der Waals surface area contributed by atoms with Gasteiger partial charge in [-0.1, -0.05) is 11.6 Å². The van der Waals surface area contributed by atoms with Crippen molar-refractivity contribution in [1.82, 2.24) is 4.90 Å². The van der Waals surface area contributed by atoms with E-state index in [1.807, 2.05) is 0 Å². The minimum absolute atomic E-state index is 0.182. The maximum Gasteiger partial charge on any atom is 0.162 e. The van der Waals surface area contributed by atoms with Crippen molar-refractivity contribution in [3.63, 3.8) is 0 Å². The maximum absolute atomic E-state index is 10.1. The molecule has 0 spiro atoms. The average molecular weight is 285 g/mol. The van der Waals surface area contributed by atoms with E-state index in [-0.39, 0.29) is 5.75 Å². The molecule has 1 fully saturated rings. The molecule has 0 aliphatic carbocycles. The van der Waals surface area contributed by atoms with Crippen LogP contribution in [0, 0.1) is 5.92 Å². The largest absolute Gasteiger partial charge is 0.504 e. The number of hydrogen-bond donors (Lipinski definition) is 2. The van der Waals surface area contributed by atoms with Gasteiger partial charge in [0.2, 0.25) is 0 Å². The molecule has 1 aromatic rings. The number of likely N-dealkylation sites (tertiary alicyclic amines) is 1.